The topological polar surface area (TPSA) is 35.5 Å². The molecule has 2 rings (SSSR count). The third-order valence-corrected chi connectivity index (χ3v) is 4.60. The van der Waals surface area contributed by atoms with Gasteiger partial charge in [-0.3, -0.25) is 0 Å². The Morgan fingerprint density at radius 3 is 2.12 bits per heavy atom. The lowest BCUT2D eigenvalue weighted by Gasteiger charge is -2.08. The average molecular weight is 452 g/mol. The molecule has 3 nitrogen and oxygen atoms in total. The Kier molecular flexibility index (Phi) is 8.80. The van der Waals surface area contributed by atoms with E-state index in [0.29, 0.717) is 11.3 Å². The maximum atomic E-state index is 12.1. The fraction of sp³-hybridized carbons (Fsp3) is 0.381. The highest BCUT2D eigenvalue weighted by atomic mass is 127. The zero-order valence-corrected chi connectivity index (χ0v) is 16.8. The summed E-state index contributed by atoms with van der Waals surface area (Å²) >= 11 is 2.21. The van der Waals surface area contributed by atoms with Gasteiger partial charge in [-0.15, -0.1) is 0 Å². The molecule has 134 valence electrons. The van der Waals surface area contributed by atoms with Crippen molar-refractivity contribution in [2.75, 3.05) is 6.61 Å². The van der Waals surface area contributed by atoms with Gasteiger partial charge in [0, 0.05) is 3.57 Å². The number of hydrogen-bond donors (Lipinski definition) is 0. The molecule has 0 saturated heterocycles. The molecule has 0 aliphatic rings. The highest BCUT2D eigenvalue weighted by Gasteiger charge is 2.08. The van der Waals surface area contributed by atoms with E-state index >= 15 is 0 Å². The normalized spacial score (nSPS) is 10.5. The van der Waals surface area contributed by atoms with Crippen molar-refractivity contribution >= 4 is 28.6 Å². The predicted octanol–water partition coefficient (Wildman–Crippen LogP) is 6.25. The van der Waals surface area contributed by atoms with Gasteiger partial charge < -0.3 is 9.47 Å². The van der Waals surface area contributed by atoms with E-state index in [4.69, 9.17) is 9.47 Å². The Balaban J connectivity index is 1.73. The number of ether oxygens (including phenoxy) is 2. The zero-order valence-electron chi connectivity index (χ0n) is 14.7. The first-order chi connectivity index (χ1) is 12.2. The fourth-order valence-corrected chi connectivity index (χ4v) is 2.79. The summed E-state index contributed by atoms with van der Waals surface area (Å²) in [6.07, 6.45) is 7.46. The molecule has 0 fully saturated rings. The molecule has 0 N–H and O–H groups in total. The van der Waals surface area contributed by atoms with E-state index in [1.807, 2.05) is 24.3 Å². The van der Waals surface area contributed by atoms with Crippen molar-refractivity contribution in [3.05, 3.63) is 57.7 Å². The van der Waals surface area contributed by atoms with Gasteiger partial charge >= 0.3 is 5.97 Å². The SMILES string of the molecule is CCCCCCCCOc1ccc(C(=O)Oc2ccc(I)cc2)cc1. The molecular weight excluding hydrogens is 427 g/mol. The summed E-state index contributed by atoms with van der Waals surface area (Å²) in [7, 11) is 0. The second-order valence-corrected chi connectivity index (χ2v) is 7.23. The van der Waals surface area contributed by atoms with Crippen molar-refractivity contribution < 1.29 is 14.3 Å². The number of hydrogen-bond acceptors (Lipinski definition) is 3. The van der Waals surface area contributed by atoms with Crippen LogP contribution in [0.2, 0.25) is 0 Å². The van der Waals surface area contributed by atoms with Crippen molar-refractivity contribution in [2.24, 2.45) is 0 Å². The lowest BCUT2D eigenvalue weighted by atomic mass is 10.1. The third-order valence-electron chi connectivity index (χ3n) is 3.88. The van der Waals surface area contributed by atoms with Crippen molar-refractivity contribution in [1.29, 1.82) is 0 Å². The van der Waals surface area contributed by atoms with Gasteiger partial charge in [0.15, 0.2) is 0 Å². The van der Waals surface area contributed by atoms with Gasteiger partial charge in [-0.05, 0) is 77.5 Å². The molecule has 0 amide bonds. The molecule has 2 aromatic rings. The van der Waals surface area contributed by atoms with Crippen LogP contribution < -0.4 is 9.47 Å². The average Bonchev–Trinajstić information content (AvgIpc) is 2.63. The van der Waals surface area contributed by atoms with E-state index in [-0.39, 0.29) is 5.97 Å². The minimum Gasteiger partial charge on any atom is -0.494 e. The molecule has 0 saturated carbocycles. The highest BCUT2D eigenvalue weighted by molar-refractivity contribution is 14.1. The van der Waals surface area contributed by atoms with Crippen LogP contribution in [0.15, 0.2) is 48.5 Å². The van der Waals surface area contributed by atoms with E-state index in [1.165, 1.54) is 32.1 Å². The molecule has 0 aliphatic heterocycles. The Labute approximate surface area is 163 Å². The molecule has 0 spiro atoms. The maximum Gasteiger partial charge on any atom is 0.343 e. The van der Waals surface area contributed by atoms with Crippen molar-refractivity contribution in [3.8, 4) is 11.5 Å². The summed E-state index contributed by atoms with van der Waals surface area (Å²) in [5, 5.41) is 0. The Bertz CT molecular complexity index is 635. The van der Waals surface area contributed by atoms with Gasteiger partial charge in [0.2, 0.25) is 0 Å². The molecule has 0 unspecified atom stereocenters. The number of esters is 1. The van der Waals surface area contributed by atoms with Crippen LogP contribution in [0.1, 0.15) is 55.8 Å². The van der Waals surface area contributed by atoms with Crippen LogP contribution in [0.4, 0.5) is 0 Å². The van der Waals surface area contributed by atoms with Crippen molar-refractivity contribution in [3.63, 3.8) is 0 Å². The number of halogens is 1. The monoisotopic (exact) mass is 452 g/mol. The Morgan fingerprint density at radius 1 is 0.840 bits per heavy atom. The van der Waals surface area contributed by atoms with Crippen molar-refractivity contribution in [1.82, 2.24) is 0 Å². The third kappa shape index (κ3) is 7.46. The van der Waals surface area contributed by atoms with E-state index in [2.05, 4.69) is 29.5 Å². The predicted molar refractivity (Wildman–Crippen MR) is 109 cm³/mol. The number of carbonyl (C=O) groups excluding carboxylic acids is 1. The van der Waals surface area contributed by atoms with Crippen LogP contribution in [-0.2, 0) is 0 Å². The van der Waals surface area contributed by atoms with Crippen LogP contribution in [0.3, 0.4) is 0 Å². The van der Waals surface area contributed by atoms with Crippen molar-refractivity contribution in [2.45, 2.75) is 45.4 Å². The van der Waals surface area contributed by atoms with Gasteiger partial charge in [0.05, 0.1) is 12.2 Å². The first kappa shape index (κ1) is 19.8. The number of carbonyl (C=O) groups is 1. The standard InChI is InChI=1S/C21H25IO3/c1-2-3-4-5-6-7-16-24-19-12-8-17(9-13-19)21(23)25-20-14-10-18(22)11-15-20/h8-15H,2-7,16H2,1H3. The molecule has 0 radical (unpaired) electrons. The van der Waals surface area contributed by atoms with Gasteiger partial charge in [0.25, 0.3) is 0 Å². The Hall–Kier alpha value is -1.56. The summed E-state index contributed by atoms with van der Waals surface area (Å²) in [5.74, 6) is 0.983. The molecule has 0 aromatic heterocycles. The van der Waals surface area contributed by atoms with Crippen LogP contribution in [0.5, 0.6) is 11.5 Å². The lowest BCUT2D eigenvalue weighted by molar-refractivity contribution is 0.0734. The first-order valence-electron chi connectivity index (χ1n) is 8.89. The molecule has 0 aliphatic carbocycles. The molecule has 0 bridgehead atoms. The van der Waals surface area contributed by atoms with E-state index in [1.54, 1.807) is 24.3 Å². The largest absolute Gasteiger partial charge is 0.494 e. The van der Waals surface area contributed by atoms with Crippen LogP contribution in [-0.4, -0.2) is 12.6 Å². The molecule has 25 heavy (non-hydrogen) atoms. The highest BCUT2D eigenvalue weighted by Crippen LogP contribution is 2.17. The molecule has 4 heteroatoms. The van der Waals surface area contributed by atoms with E-state index in [9.17, 15) is 4.79 Å². The summed E-state index contributed by atoms with van der Waals surface area (Å²) in [5.41, 5.74) is 0.519. The lowest BCUT2D eigenvalue weighted by Crippen LogP contribution is -2.08. The minimum atomic E-state index is -0.358. The van der Waals surface area contributed by atoms with Gasteiger partial charge in [-0.25, -0.2) is 4.79 Å². The van der Waals surface area contributed by atoms with Crippen LogP contribution in [0.25, 0.3) is 0 Å². The summed E-state index contributed by atoms with van der Waals surface area (Å²) in [6, 6.07) is 14.5. The number of unbranched alkanes of at least 4 members (excludes halogenated alkanes) is 5. The Morgan fingerprint density at radius 2 is 1.44 bits per heavy atom. The van der Waals surface area contributed by atoms with Gasteiger partial charge in [-0.1, -0.05) is 39.0 Å². The zero-order chi connectivity index (χ0) is 17.9. The van der Waals surface area contributed by atoms with Crippen LogP contribution >= 0.6 is 22.6 Å². The summed E-state index contributed by atoms with van der Waals surface area (Å²) in [6.45, 7) is 2.95. The fourth-order valence-electron chi connectivity index (χ4n) is 2.43. The van der Waals surface area contributed by atoms with Crippen LogP contribution in [0, 0.1) is 3.57 Å². The van der Waals surface area contributed by atoms with Gasteiger partial charge in [0.1, 0.15) is 11.5 Å². The second-order valence-electron chi connectivity index (χ2n) is 5.98. The summed E-state index contributed by atoms with van der Waals surface area (Å²) in [4.78, 5) is 12.1. The number of benzene rings is 2. The molecular formula is C21H25IO3. The molecule has 0 atom stereocenters. The number of rotatable bonds is 10. The minimum absolute atomic E-state index is 0.358. The second kappa shape index (κ2) is 11.1. The maximum absolute atomic E-state index is 12.1. The summed E-state index contributed by atoms with van der Waals surface area (Å²) < 4.78 is 12.2. The van der Waals surface area contributed by atoms with Gasteiger partial charge in [-0.2, -0.15) is 0 Å². The molecule has 0 heterocycles. The smallest absolute Gasteiger partial charge is 0.343 e. The first-order valence-corrected chi connectivity index (χ1v) is 9.97. The molecule has 2 aromatic carbocycles. The quantitative estimate of drug-likeness (QED) is 0.185. The van der Waals surface area contributed by atoms with E-state index in [0.717, 1.165) is 22.3 Å². The van der Waals surface area contributed by atoms with E-state index < -0.39 is 0 Å².